The quantitative estimate of drug-likeness (QED) is 0.409. The molecule has 2 heterocycles. The number of halogens is 1. The zero-order chi connectivity index (χ0) is 20.5. The van der Waals surface area contributed by atoms with Gasteiger partial charge in [0.05, 0.1) is 35.6 Å². The third-order valence-corrected chi connectivity index (χ3v) is 6.38. The molecule has 2 unspecified atom stereocenters. The van der Waals surface area contributed by atoms with E-state index in [9.17, 15) is 19.8 Å². The molecule has 5 N–H and O–H groups in total. The predicted molar refractivity (Wildman–Crippen MR) is 111 cm³/mol. The van der Waals surface area contributed by atoms with E-state index >= 15 is 0 Å². The fraction of sp³-hybridized carbons (Fsp3) is 0.300. The van der Waals surface area contributed by atoms with Crippen LogP contribution in [0.1, 0.15) is 27.7 Å². The topological polar surface area (TPSA) is 114 Å². The molecular formula is C20H20ClN3O4S. The average Bonchev–Trinajstić information content (AvgIpc) is 3.34. The number of fused-ring (bicyclic) bond motifs is 2. The van der Waals surface area contributed by atoms with Crippen LogP contribution < -0.4 is 10.6 Å². The van der Waals surface area contributed by atoms with E-state index < -0.39 is 31.1 Å². The number of H-pyrrole nitrogens is 1. The Morgan fingerprint density at radius 1 is 1.21 bits per heavy atom. The molecule has 0 fully saturated rings. The van der Waals surface area contributed by atoms with Crippen LogP contribution in [-0.4, -0.2) is 46.3 Å². The summed E-state index contributed by atoms with van der Waals surface area (Å²) >= 11 is 7.35. The molecule has 2 atom stereocenters. The average molecular weight is 434 g/mol. The highest BCUT2D eigenvalue weighted by Crippen LogP contribution is 2.33. The molecule has 1 aromatic carbocycles. The molecule has 2 amide bonds. The first kappa shape index (κ1) is 19.9. The van der Waals surface area contributed by atoms with Crippen molar-refractivity contribution in [3.63, 3.8) is 0 Å². The lowest BCUT2D eigenvalue weighted by atomic mass is 10.0. The number of benzene rings is 1. The summed E-state index contributed by atoms with van der Waals surface area (Å²) in [6.45, 7) is -0.898. The van der Waals surface area contributed by atoms with E-state index in [2.05, 4.69) is 15.6 Å². The van der Waals surface area contributed by atoms with Crippen LogP contribution in [0.3, 0.4) is 0 Å². The summed E-state index contributed by atoms with van der Waals surface area (Å²) in [6.07, 6.45) is 0.566. The van der Waals surface area contributed by atoms with Gasteiger partial charge in [-0.05, 0) is 29.7 Å². The lowest BCUT2D eigenvalue weighted by Gasteiger charge is -2.24. The molecule has 152 valence electrons. The molecule has 7 nitrogen and oxygen atoms in total. The van der Waals surface area contributed by atoms with Gasteiger partial charge in [-0.25, -0.2) is 0 Å². The van der Waals surface area contributed by atoms with Crippen LogP contribution in [-0.2, 0) is 11.2 Å². The van der Waals surface area contributed by atoms with Crippen molar-refractivity contribution in [1.82, 2.24) is 15.6 Å². The lowest BCUT2D eigenvalue weighted by Crippen LogP contribution is -2.46. The van der Waals surface area contributed by atoms with Crippen LogP contribution in [0.25, 0.3) is 10.2 Å². The van der Waals surface area contributed by atoms with Gasteiger partial charge in [0.15, 0.2) is 0 Å². The molecule has 0 spiro atoms. The van der Waals surface area contributed by atoms with Crippen LogP contribution in [0.2, 0.25) is 4.34 Å². The van der Waals surface area contributed by atoms with Gasteiger partial charge in [0.2, 0.25) is 5.91 Å². The Bertz CT molecular complexity index is 1030. The van der Waals surface area contributed by atoms with Crippen molar-refractivity contribution in [2.75, 3.05) is 13.2 Å². The van der Waals surface area contributed by atoms with Gasteiger partial charge >= 0.3 is 0 Å². The van der Waals surface area contributed by atoms with Crippen LogP contribution >= 0.6 is 22.9 Å². The van der Waals surface area contributed by atoms with Crippen molar-refractivity contribution in [2.24, 2.45) is 5.92 Å². The lowest BCUT2D eigenvalue weighted by molar-refractivity contribution is -0.128. The van der Waals surface area contributed by atoms with Gasteiger partial charge in [-0.2, -0.15) is 0 Å². The first-order chi connectivity index (χ1) is 14.0. The number of aliphatic hydroxyl groups excluding tert-OH is 2. The normalized spacial score (nSPS) is 18.2. The Kier molecular flexibility index (Phi) is 5.60. The second kappa shape index (κ2) is 8.16. The number of hydrogen-bond acceptors (Lipinski definition) is 5. The Morgan fingerprint density at radius 3 is 2.69 bits per heavy atom. The SMILES string of the molecule is O=C(NC1Cc2ccccc2C1NC(=O)C(CO)CO)c1cc2cc(Cl)sc2[nH]1. The van der Waals surface area contributed by atoms with E-state index in [1.165, 1.54) is 11.3 Å². The van der Waals surface area contributed by atoms with E-state index in [4.69, 9.17) is 11.6 Å². The van der Waals surface area contributed by atoms with E-state index in [0.29, 0.717) is 16.5 Å². The second-order valence-electron chi connectivity index (χ2n) is 7.05. The molecule has 0 aliphatic heterocycles. The van der Waals surface area contributed by atoms with E-state index in [-0.39, 0.29) is 11.9 Å². The number of amides is 2. The van der Waals surface area contributed by atoms with E-state index in [1.54, 1.807) is 12.1 Å². The summed E-state index contributed by atoms with van der Waals surface area (Å²) < 4.78 is 0.648. The van der Waals surface area contributed by atoms with Crippen molar-refractivity contribution in [3.05, 3.63) is 57.6 Å². The molecule has 9 heteroatoms. The third-order valence-electron chi connectivity index (χ3n) is 5.18. The van der Waals surface area contributed by atoms with Crippen molar-refractivity contribution in [1.29, 1.82) is 0 Å². The van der Waals surface area contributed by atoms with E-state index in [0.717, 1.165) is 21.3 Å². The number of aromatic amines is 1. The van der Waals surface area contributed by atoms with Gasteiger partial charge < -0.3 is 25.8 Å². The fourth-order valence-electron chi connectivity index (χ4n) is 3.66. The van der Waals surface area contributed by atoms with Crippen molar-refractivity contribution < 1.29 is 19.8 Å². The molecule has 1 aliphatic carbocycles. The standard InChI is InChI=1S/C20H20ClN3O4S/c21-16-7-11-6-15(23-20(11)29-16)19(28)22-14-5-10-3-1-2-4-13(10)17(14)24-18(27)12(8-25)9-26/h1-4,6-7,12,14,17,23,25-26H,5,8-9H2,(H,22,28)(H,24,27). The molecule has 0 saturated carbocycles. The fourth-order valence-corrected chi connectivity index (χ4v) is 4.79. The second-order valence-corrected chi connectivity index (χ2v) is 8.73. The van der Waals surface area contributed by atoms with Crippen molar-refractivity contribution in [2.45, 2.75) is 18.5 Å². The molecule has 0 saturated heterocycles. The largest absolute Gasteiger partial charge is 0.395 e. The summed E-state index contributed by atoms with van der Waals surface area (Å²) in [6, 6.07) is 10.4. The Morgan fingerprint density at radius 2 is 1.97 bits per heavy atom. The van der Waals surface area contributed by atoms with E-state index in [1.807, 2.05) is 24.3 Å². The van der Waals surface area contributed by atoms with Crippen LogP contribution in [0.4, 0.5) is 0 Å². The number of carbonyl (C=O) groups excluding carboxylic acids is 2. The molecule has 29 heavy (non-hydrogen) atoms. The monoisotopic (exact) mass is 433 g/mol. The Hall–Kier alpha value is -2.39. The maximum absolute atomic E-state index is 12.8. The zero-order valence-corrected chi connectivity index (χ0v) is 16.9. The molecule has 3 aromatic rings. The van der Waals surface area contributed by atoms with Gasteiger partial charge in [0.25, 0.3) is 5.91 Å². The minimum Gasteiger partial charge on any atom is -0.395 e. The highest BCUT2D eigenvalue weighted by atomic mass is 35.5. The number of aromatic nitrogens is 1. The number of carbonyl (C=O) groups is 2. The molecule has 0 radical (unpaired) electrons. The number of thiophene rings is 1. The highest BCUT2D eigenvalue weighted by Gasteiger charge is 2.35. The number of hydrogen-bond donors (Lipinski definition) is 5. The van der Waals surface area contributed by atoms with Crippen molar-refractivity contribution >= 4 is 45.0 Å². The van der Waals surface area contributed by atoms with Gasteiger partial charge in [-0.3, -0.25) is 9.59 Å². The maximum atomic E-state index is 12.8. The molecule has 2 aromatic heterocycles. The van der Waals surface area contributed by atoms with Gasteiger partial charge in [0, 0.05) is 5.39 Å². The summed E-state index contributed by atoms with van der Waals surface area (Å²) in [4.78, 5) is 29.1. The first-order valence-corrected chi connectivity index (χ1v) is 10.4. The minimum atomic E-state index is -0.904. The summed E-state index contributed by atoms with van der Waals surface area (Å²) in [5.41, 5.74) is 2.37. The van der Waals surface area contributed by atoms with Crippen LogP contribution in [0, 0.1) is 5.92 Å². The van der Waals surface area contributed by atoms with Gasteiger partial charge in [-0.15, -0.1) is 11.3 Å². The third kappa shape index (κ3) is 3.89. The zero-order valence-electron chi connectivity index (χ0n) is 15.3. The molecule has 4 rings (SSSR count). The molecule has 1 aliphatic rings. The number of rotatable bonds is 6. The summed E-state index contributed by atoms with van der Waals surface area (Å²) in [5, 5.41) is 25.3. The Balaban J connectivity index is 1.55. The summed E-state index contributed by atoms with van der Waals surface area (Å²) in [7, 11) is 0. The van der Waals surface area contributed by atoms with Gasteiger partial charge in [-0.1, -0.05) is 35.9 Å². The van der Waals surface area contributed by atoms with Crippen LogP contribution in [0.15, 0.2) is 36.4 Å². The Labute approximate surface area is 175 Å². The predicted octanol–water partition coefficient (Wildman–Crippen LogP) is 2.00. The van der Waals surface area contributed by atoms with Gasteiger partial charge in [0.1, 0.15) is 10.5 Å². The van der Waals surface area contributed by atoms with Crippen molar-refractivity contribution in [3.8, 4) is 0 Å². The maximum Gasteiger partial charge on any atom is 0.268 e. The first-order valence-electron chi connectivity index (χ1n) is 9.19. The number of aliphatic hydroxyl groups is 2. The molecular weight excluding hydrogens is 414 g/mol. The van der Waals surface area contributed by atoms with Crippen LogP contribution in [0.5, 0.6) is 0 Å². The smallest absolute Gasteiger partial charge is 0.268 e. The number of nitrogens with one attached hydrogen (secondary N) is 3. The molecule has 0 bridgehead atoms. The minimum absolute atomic E-state index is 0.276. The highest BCUT2D eigenvalue weighted by molar-refractivity contribution is 7.22. The summed E-state index contributed by atoms with van der Waals surface area (Å²) in [5.74, 6) is -1.63.